The maximum Gasteiger partial charge on any atom is 0.251 e. The first-order valence-electron chi connectivity index (χ1n) is 7.35. The molecule has 2 amide bonds. The molecule has 6 heteroatoms. The van der Waals surface area contributed by atoms with E-state index in [1.54, 1.807) is 31.5 Å². The van der Waals surface area contributed by atoms with E-state index >= 15 is 0 Å². The number of hydrogen-bond donors (Lipinski definition) is 2. The molecular formula is C17H17N3O3. The summed E-state index contributed by atoms with van der Waals surface area (Å²) in [6, 6.07) is 8.93. The Balaban J connectivity index is 1.67. The molecule has 0 spiro atoms. The van der Waals surface area contributed by atoms with Crippen LogP contribution in [0, 0.1) is 0 Å². The molecule has 0 fully saturated rings. The van der Waals surface area contributed by atoms with E-state index < -0.39 is 0 Å². The van der Waals surface area contributed by atoms with Crippen LogP contribution in [0.4, 0.5) is 5.69 Å². The van der Waals surface area contributed by atoms with Crippen molar-refractivity contribution in [2.24, 2.45) is 0 Å². The number of pyridine rings is 1. The molecule has 0 saturated carbocycles. The SMILES string of the molecule is COc1cc(CNC(=O)c2ccc3c(c2)CCC(=O)N3)ccn1. The smallest absolute Gasteiger partial charge is 0.251 e. The zero-order valence-corrected chi connectivity index (χ0v) is 12.8. The van der Waals surface area contributed by atoms with Crippen molar-refractivity contribution in [2.45, 2.75) is 19.4 Å². The lowest BCUT2D eigenvalue weighted by molar-refractivity contribution is -0.116. The highest BCUT2D eigenvalue weighted by atomic mass is 16.5. The molecule has 0 saturated heterocycles. The summed E-state index contributed by atoms with van der Waals surface area (Å²) in [6.45, 7) is 0.394. The van der Waals surface area contributed by atoms with Crippen LogP contribution in [0.3, 0.4) is 0 Å². The molecule has 2 aromatic rings. The third-order valence-corrected chi connectivity index (χ3v) is 3.72. The van der Waals surface area contributed by atoms with Gasteiger partial charge in [-0.1, -0.05) is 0 Å². The molecule has 0 aliphatic carbocycles. The van der Waals surface area contributed by atoms with E-state index in [4.69, 9.17) is 4.74 Å². The highest BCUT2D eigenvalue weighted by Crippen LogP contribution is 2.23. The topological polar surface area (TPSA) is 80.3 Å². The first-order chi connectivity index (χ1) is 11.2. The molecule has 0 atom stereocenters. The number of ether oxygens (including phenoxy) is 1. The van der Waals surface area contributed by atoms with Gasteiger partial charge in [0.2, 0.25) is 11.8 Å². The third kappa shape index (κ3) is 3.48. The van der Waals surface area contributed by atoms with E-state index in [2.05, 4.69) is 15.6 Å². The summed E-state index contributed by atoms with van der Waals surface area (Å²) < 4.78 is 5.06. The fraction of sp³-hybridized carbons (Fsp3) is 0.235. The minimum atomic E-state index is -0.152. The molecule has 0 bridgehead atoms. The Hall–Kier alpha value is -2.89. The normalized spacial score (nSPS) is 13.0. The molecule has 6 nitrogen and oxygen atoms in total. The number of aromatic nitrogens is 1. The Bertz CT molecular complexity index is 758. The van der Waals surface area contributed by atoms with Crippen LogP contribution in [0.5, 0.6) is 5.88 Å². The number of benzene rings is 1. The summed E-state index contributed by atoms with van der Waals surface area (Å²) in [4.78, 5) is 27.7. The average molecular weight is 311 g/mol. The summed E-state index contributed by atoms with van der Waals surface area (Å²) >= 11 is 0. The number of carbonyl (C=O) groups excluding carboxylic acids is 2. The van der Waals surface area contributed by atoms with Gasteiger partial charge < -0.3 is 15.4 Å². The van der Waals surface area contributed by atoms with Gasteiger partial charge >= 0.3 is 0 Å². The Morgan fingerprint density at radius 3 is 3.00 bits per heavy atom. The summed E-state index contributed by atoms with van der Waals surface area (Å²) in [5, 5.41) is 5.68. The van der Waals surface area contributed by atoms with Crippen molar-refractivity contribution in [3.8, 4) is 5.88 Å². The van der Waals surface area contributed by atoms with Crippen molar-refractivity contribution in [3.63, 3.8) is 0 Å². The van der Waals surface area contributed by atoms with E-state index in [0.717, 1.165) is 16.8 Å². The van der Waals surface area contributed by atoms with Gasteiger partial charge in [0.25, 0.3) is 5.91 Å². The highest BCUT2D eigenvalue weighted by Gasteiger charge is 2.16. The van der Waals surface area contributed by atoms with Crippen molar-refractivity contribution >= 4 is 17.5 Å². The summed E-state index contributed by atoms with van der Waals surface area (Å²) in [7, 11) is 1.55. The molecule has 2 heterocycles. The van der Waals surface area contributed by atoms with Gasteiger partial charge in [0.15, 0.2) is 0 Å². The van der Waals surface area contributed by atoms with E-state index in [0.29, 0.717) is 30.8 Å². The molecule has 1 aromatic carbocycles. The minimum Gasteiger partial charge on any atom is -0.481 e. The Labute approximate surface area is 133 Å². The van der Waals surface area contributed by atoms with Crippen LogP contribution in [0.25, 0.3) is 0 Å². The largest absolute Gasteiger partial charge is 0.481 e. The lowest BCUT2D eigenvalue weighted by Gasteiger charge is -2.17. The zero-order chi connectivity index (χ0) is 16.2. The maximum atomic E-state index is 12.3. The number of rotatable bonds is 4. The zero-order valence-electron chi connectivity index (χ0n) is 12.8. The Morgan fingerprint density at radius 2 is 2.17 bits per heavy atom. The quantitative estimate of drug-likeness (QED) is 0.904. The molecule has 23 heavy (non-hydrogen) atoms. The number of methoxy groups -OCH3 is 1. The highest BCUT2D eigenvalue weighted by molar-refractivity contribution is 5.97. The fourth-order valence-corrected chi connectivity index (χ4v) is 2.48. The predicted molar refractivity (Wildman–Crippen MR) is 85.4 cm³/mol. The molecule has 118 valence electrons. The van der Waals surface area contributed by atoms with Gasteiger partial charge in [-0.05, 0) is 41.8 Å². The van der Waals surface area contributed by atoms with Crippen LogP contribution < -0.4 is 15.4 Å². The van der Waals surface area contributed by atoms with Crippen molar-refractivity contribution < 1.29 is 14.3 Å². The number of anilines is 1. The summed E-state index contributed by atoms with van der Waals surface area (Å²) in [5.74, 6) is 0.378. The minimum absolute atomic E-state index is 0.0151. The number of aryl methyl sites for hydroxylation is 1. The van der Waals surface area contributed by atoms with Crippen LogP contribution in [0.15, 0.2) is 36.5 Å². The van der Waals surface area contributed by atoms with E-state index in [-0.39, 0.29) is 11.8 Å². The van der Waals surface area contributed by atoms with Gasteiger partial charge in [-0.2, -0.15) is 0 Å². The number of nitrogens with one attached hydrogen (secondary N) is 2. The van der Waals surface area contributed by atoms with Gasteiger partial charge in [0.05, 0.1) is 7.11 Å². The standard InChI is InChI=1S/C17H17N3O3/c1-23-16-8-11(6-7-18-16)10-19-17(22)13-2-4-14-12(9-13)3-5-15(21)20-14/h2,4,6-9H,3,5,10H2,1H3,(H,19,22)(H,20,21). The number of amides is 2. The third-order valence-electron chi connectivity index (χ3n) is 3.72. The molecule has 0 unspecified atom stereocenters. The fourth-order valence-electron chi connectivity index (χ4n) is 2.48. The van der Waals surface area contributed by atoms with Crippen LogP contribution in [-0.2, 0) is 17.8 Å². The number of carbonyl (C=O) groups is 2. The second-order valence-corrected chi connectivity index (χ2v) is 5.31. The Kier molecular flexibility index (Phi) is 4.23. The average Bonchev–Trinajstić information content (AvgIpc) is 2.59. The molecule has 2 N–H and O–H groups in total. The van der Waals surface area contributed by atoms with Crippen LogP contribution >= 0.6 is 0 Å². The van der Waals surface area contributed by atoms with E-state index in [1.807, 2.05) is 12.1 Å². The molecule has 0 radical (unpaired) electrons. The number of fused-ring (bicyclic) bond motifs is 1. The molecule has 1 aromatic heterocycles. The number of hydrogen-bond acceptors (Lipinski definition) is 4. The van der Waals surface area contributed by atoms with Gasteiger partial charge in [0, 0.05) is 36.5 Å². The number of nitrogens with zero attached hydrogens (tertiary/aromatic N) is 1. The van der Waals surface area contributed by atoms with Crippen LogP contribution in [0.2, 0.25) is 0 Å². The second-order valence-electron chi connectivity index (χ2n) is 5.31. The van der Waals surface area contributed by atoms with Crippen molar-refractivity contribution in [1.29, 1.82) is 0 Å². The summed E-state index contributed by atoms with van der Waals surface area (Å²) in [5.41, 5.74) is 3.27. The van der Waals surface area contributed by atoms with Crippen LogP contribution in [-0.4, -0.2) is 23.9 Å². The molecular weight excluding hydrogens is 294 g/mol. The second kappa shape index (κ2) is 6.48. The van der Waals surface area contributed by atoms with E-state index in [1.165, 1.54) is 0 Å². The van der Waals surface area contributed by atoms with Gasteiger partial charge in [-0.15, -0.1) is 0 Å². The first-order valence-corrected chi connectivity index (χ1v) is 7.35. The van der Waals surface area contributed by atoms with Crippen molar-refractivity contribution in [2.75, 3.05) is 12.4 Å². The Morgan fingerprint density at radius 1 is 1.30 bits per heavy atom. The lowest BCUT2D eigenvalue weighted by atomic mass is 10.00. The molecule has 3 rings (SSSR count). The first kappa shape index (κ1) is 15.0. The van der Waals surface area contributed by atoms with Crippen LogP contribution in [0.1, 0.15) is 27.9 Å². The predicted octanol–water partition coefficient (Wildman–Crippen LogP) is 1.90. The van der Waals surface area contributed by atoms with Gasteiger partial charge in [0.1, 0.15) is 0 Å². The van der Waals surface area contributed by atoms with Crippen molar-refractivity contribution in [1.82, 2.24) is 10.3 Å². The van der Waals surface area contributed by atoms with E-state index in [9.17, 15) is 9.59 Å². The maximum absolute atomic E-state index is 12.3. The van der Waals surface area contributed by atoms with Crippen molar-refractivity contribution in [3.05, 3.63) is 53.2 Å². The monoisotopic (exact) mass is 311 g/mol. The van der Waals surface area contributed by atoms with Gasteiger partial charge in [-0.3, -0.25) is 9.59 Å². The lowest BCUT2D eigenvalue weighted by Crippen LogP contribution is -2.24. The molecule has 1 aliphatic heterocycles. The molecule has 1 aliphatic rings. The summed E-state index contributed by atoms with van der Waals surface area (Å²) in [6.07, 6.45) is 2.75. The van der Waals surface area contributed by atoms with Gasteiger partial charge in [-0.25, -0.2) is 4.98 Å².